The van der Waals surface area contributed by atoms with Gasteiger partial charge in [-0.2, -0.15) is 0 Å². The highest BCUT2D eigenvalue weighted by Crippen LogP contribution is 2.37. The van der Waals surface area contributed by atoms with E-state index in [0.29, 0.717) is 5.84 Å². The van der Waals surface area contributed by atoms with Crippen LogP contribution in [0, 0.1) is 5.41 Å². The van der Waals surface area contributed by atoms with Crippen molar-refractivity contribution >= 4 is 61.5 Å². The van der Waals surface area contributed by atoms with E-state index in [1.165, 1.54) is 27.2 Å². The lowest BCUT2D eigenvalue weighted by molar-refractivity contribution is 1.18. The fourth-order valence-electron chi connectivity index (χ4n) is 7.90. The minimum absolute atomic E-state index is 0.160. The van der Waals surface area contributed by atoms with E-state index in [1.54, 1.807) is 0 Å². The molecule has 10 aromatic rings. The molecule has 0 saturated carbocycles. The van der Waals surface area contributed by atoms with Crippen molar-refractivity contribution in [3.63, 3.8) is 0 Å². The summed E-state index contributed by atoms with van der Waals surface area (Å²) in [4.78, 5) is 9.73. The minimum Gasteiger partial charge on any atom is -0.309 e. The molecule has 264 valence electrons. The Morgan fingerprint density at radius 3 is 1.73 bits per heavy atom. The number of aromatic nitrogens is 2. The summed E-state index contributed by atoms with van der Waals surface area (Å²) in [5.41, 5.74) is 11.5. The van der Waals surface area contributed by atoms with Gasteiger partial charge in [0.2, 0.25) is 0 Å². The monoisotopic (exact) mass is 717 g/mol. The van der Waals surface area contributed by atoms with Crippen LogP contribution in [0.4, 0.5) is 0 Å². The van der Waals surface area contributed by atoms with Gasteiger partial charge in [0.15, 0.2) is 11.7 Å². The van der Waals surface area contributed by atoms with Gasteiger partial charge in [-0.3, -0.25) is 5.41 Å². The second-order valence-corrected chi connectivity index (χ2v) is 13.8. The van der Waals surface area contributed by atoms with Crippen LogP contribution in [-0.2, 0) is 0 Å². The Kier molecular flexibility index (Phi) is 8.23. The molecule has 0 aliphatic rings. The number of hydrogen-bond acceptors (Lipinski definition) is 1. The third-order valence-corrected chi connectivity index (χ3v) is 10.5. The van der Waals surface area contributed by atoms with Crippen LogP contribution in [0.15, 0.2) is 210 Å². The first-order valence-electron chi connectivity index (χ1n) is 18.7. The van der Waals surface area contributed by atoms with Gasteiger partial charge in [0.1, 0.15) is 0 Å². The largest absolute Gasteiger partial charge is 0.309 e. The zero-order valence-electron chi connectivity index (χ0n) is 30.4. The molecule has 2 aromatic heterocycles. The van der Waals surface area contributed by atoms with Crippen molar-refractivity contribution in [2.24, 2.45) is 9.98 Å². The molecule has 0 unspecified atom stereocenters. The Morgan fingerprint density at radius 2 is 0.982 bits per heavy atom. The molecule has 0 aliphatic heterocycles. The first-order valence-corrected chi connectivity index (χ1v) is 18.7. The lowest BCUT2D eigenvalue weighted by Gasteiger charge is -2.12. The van der Waals surface area contributed by atoms with E-state index in [-0.39, 0.29) is 5.84 Å². The maximum Gasteiger partial charge on any atom is 0.161 e. The van der Waals surface area contributed by atoms with Crippen LogP contribution < -0.4 is 0 Å². The SMILES string of the molecule is N=C(/N=C(\N=C\c1cccc2c3ccccc3n(-c3cccc(-c4ccc5c6ccccc6n(-c6ccccc6)c5c4)c3)c12)c1ccccc1)c1ccccc1. The molecule has 0 radical (unpaired) electrons. The highest BCUT2D eigenvalue weighted by molar-refractivity contribution is 6.17. The molecule has 0 aliphatic carbocycles. The van der Waals surface area contributed by atoms with Crippen molar-refractivity contribution in [2.45, 2.75) is 0 Å². The summed E-state index contributed by atoms with van der Waals surface area (Å²) < 4.78 is 4.71. The van der Waals surface area contributed by atoms with Gasteiger partial charge in [0.25, 0.3) is 0 Å². The number of hydrogen-bond donors (Lipinski definition) is 1. The maximum absolute atomic E-state index is 8.80. The van der Waals surface area contributed by atoms with E-state index in [0.717, 1.165) is 55.6 Å². The van der Waals surface area contributed by atoms with Crippen molar-refractivity contribution < 1.29 is 0 Å². The second-order valence-electron chi connectivity index (χ2n) is 13.8. The Bertz CT molecular complexity index is 3130. The van der Waals surface area contributed by atoms with E-state index in [2.05, 4.69) is 149 Å². The third kappa shape index (κ3) is 5.79. The number of rotatable bonds is 6. The zero-order chi connectivity index (χ0) is 37.4. The van der Waals surface area contributed by atoms with Gasteiger partial charge in [-0.05, 0) is 53.6 Å². The van der Waals surface area contributed by atoms with Crippen molar-refractivity contribution in [3.05, 3.63) is 217 Å². The normalized spacial score (nSPS) is 12.0. The predicted molar refractivity (Wildman–Crippen MR) is 234 cm³/mol. The number of para-hydroxylation sites is 4. The molecule has 8 aromatic carbocycles. The third-order valence-electron chi connectivity index (χ3n) is 10.5. The molecule has 10 rings (SSSR count). The molecule has 0 amide bonds. The van der Waals surface area contributed by atoms with Crippen LogP contribution in [0.5, 0.6) is 0 Å². The Labute approximate surface area is 324 Å². The summed E-state index contributed by atoms with van der Waals surface area (Å²) in [6.07, 6.45) is 1.89. The van der Waals surface area contributed by atoms with Crippen LogP contribution in [-0.4, -0.2) is 27.0 Å². The number of benzene rings is 8. The van der Waals surface area contributed by atoms with Crippen LogP contribution in [0.2, 0.25) is 0 Å². The van der Waals surface area contributed by atoms with Gasteiger partial charge in [0, 0.05) is 55.8 Å². The molecule has 0 spiro atoms. The van der Waals surface area contributed by atoms with E-state index in [4.69, 9.17) is 15.4 Å². The quantitative estimate of drug-likeness (QED) is 0.132. The van der Waals surface area contributed by atoms with Crippen molar-refractivity contribution in [2.75, 3.05) is 0 Å². The van der Waals surface area contributed by atoms with Crippen molar-refractivity contribution in [1.29, 1.82) is 5.41 Å². The average molecular weight is 718 g/mol. The predicted octanol–water partition coefficient (Wildman–Crippen LogP) is 12.4. The Hall–Kier alpha value is -7.63. The Morgan fingerprint density at radius 1 is 0.429 bits per heavy atom. The van der Waals surface area contributed by atoms with Gasteiger partial charge < -0.3 is 9.13 Å². The topological polar surface area (TPSA) is 58.4 Å². The molecule has 2 heterocycles. The lowest BCUT2D eigenvalue weighted by atomic mass is 10.0. The number of nitrogens with one attached hydrogen (secondary N) is 1. The smallest absolute Gasteiger partial charge is 0.161 e. The van der Waals surface area contributed by atoms with Gasteiger partial charge >= 0.3 is 0 Å². The molecule has 0 atom stereocenters. The highest BCUT2D eigenvalue weighted by atomic mass is 15.0. The van der Waals surface area contributed by atoms with Gasteiger partial charge in [-0.15, -0.1) is 0 Å². The van der Waals surface area contributed by atoms with Gasteiger partial charge in [-0.1, -0.05) is 158 Å². The molecule has 5 heteroatoms. The van der Waals surface area contributed by atoms with Crippen molar-refractivity contribution in [1.82, 2.24) is 9.13 Å². The summed E-state index contributed by atoms with van der Waals surface area (Å²) in [5.74, 6) is 0.637. The van der Waals surface area contributed by atoms with E-state index >= 15 is 0 Å². The van der Waals surface area contributed by atoms with Crippen molar-refractivity contribution in [3.8, 4) is 22.5 Å². The summed E-state index contributed by atoms with van der Waals surface area (Å²) >= 11 is 0. The Balaban J connectivity index is 1.12. The van der Waals surface area contributed by atoms with Gasteiger partial charge in [0.05, 0.1) is 22.1 Å². The first-order chi connectivity index (χ1) is 27.7. The standard InChI is InChI=1S/C51H35N5/c52-50(35-16-4-1-5-17-35)54-51(36-18-6-2-7-19-36)53-34-39-21-15-27-45-43-26-11-13-29-47(43)56(49(39)45)41-24-14-20-37(32-41)38-30-31-44-42-25-10-12-28-46(42)55(48(44)33-38)40-22-8-3-9-23-40/h1-34,52H/b52-50?,53-34+,54-51-. The van der Waals surface area contributed by atoms with E-state index in [1.807, 2.05) is 66.9 Å². The molecule has 56 heavy (non-hydrogen) atoms. The first kappa shape index (κ1) is 33.0. The van der Waals surface area contributed by atoms with E-state index < -0.39 is 0 Å². The number of amidine groups is 2. The van der Waals surface area contributed by atoms with Gasteiger partial charge in [-0.25, -0.2) is 9.98 Å². The summed E-state index contributed by atoms with van der Waals surface area (Å²) in [6, 6.07) is 69.3. The molecule has 0 saturated heterocycles. The molecule has 0 bridgehead atoms. The van der Waals surface area contributed by atoms with Crippen LogP contribution >= 0.6 is 0 Å². The second kappa shape index (κ2) is 14.0. The minimum atomic E-state index is 0.160. The number of aliphatic imine (C=N–C) groups is 2. The molecule has 5 nitrogen and oxygen atoms in total. The average Bonchev–Trinajstić information content (AvgIpc) is 3.79. The van der Waals surface area contributed by atoms with Crippen LogP contribution in [0.3, 0.4) is 0 Å². The molecule has 0 fully saturated rings. The highest BCUT2D eigenvalue weighted by Gasteiger charge is 2.17. The molecule has 1 N–H and O–H groups in total. The number of nitrogens with zero attached hydrogens (tertiary/aromatic N) is 4. The number of fused-ring (bicyclic) bond motifs is 6. The molecular formula is C51H35N5. The summed E-state index contributed by atoms with van der Waals surface area (Å²) in [5, 5.41) is 13.6. The fraction of sp³-hybridized carbons (Fsp3) is 0. The molecular weight excluding hydrogens is 683 g/mol. The zero-order valence-corrected chi connectivity index (χ0v) is 30.4. The lowest BCUT2D eigenvalue weighted by Crippen LogP contribution is -2.05. The summed E-state index contributed by atoms with van der Waals surface area (Å²) in [7, 11) is 0. The van der Waals surface area contributed by atoms with Crippen LogP contribution in [0.25, 0.3) is 66.1 Å². The maximum atomic E-state index is 8.80. The van der Waals surface area contributed by atoms with Crippen LogP contribution in [0.1, 0.15) is 16.7 Å². The fourth-order valence-corrected chi connectivity index (χ4v) is 7.90. The van der Waals surface area contributed by atoms with E-state index in [9.17, 15) is 0 Å². The summed E-state index contributed by atoms with van der Waals surface area (Å²) in [6.45, 7) is 0.